The van der Waals surface area contributed by atoms with Gasteiger partial charge in [0.1, 0.15) is 5.41 Å². The van der Waals surface area contributed by atoms with Crippen LogP contribution in [0.3, 0.4) is 0 Å². The van der Waals surface area contributed by atoms with Crippen LogP contribution in [0.15, 0.2) is 24.3 Å². The maximum Gasteiger partial charge on any atom is 0.328 e. The molecule has 2 aliphatic heterocycles. The zero-order valence-corrected chi connectivity index (χ0v) is 19.5. The Kier molecular flexibility index (Phi) is 8.43. The number of imide groups is 2. The normalized spacial score (nSPS) is 20.2. The summed E-state index contributed by atoms with van der Waals surface area (Å²) in [5.74, 6) is -1.21. The number of nitrogens with zero attached hydrogens (tertiary/aromatic N) is 1. The van der Waals surface area contributed by atoms with Gasteiger partial charge in [-0.15, -0.1) is 0 Å². The molecule has 33 heavy (non-hydrogen) atoms. The first-order valence-electron chi connectivity index (χ1n) is 11.9. The quantitative estimate of drug-likeness (QED) is 0.317. The Morgan fingerprint density at radius 3 is 2.30 bits per heavy atom. The minimum Gasteiger partial charge on any atom is -0.364 e. The lowest BCUT2D eigenvalue weighted by atomic mass is 9.71. The second-order valence-electron chi connectivity index (χ2n) is 8.87. The molecular weight excluding hydrogens is 422 g/mol. The molecule has 0 bridgehead atoms. The van der Waals surface area contributed by atoms with E-state index in [2.05, 4.69) is 33.1 Å². The molecule has 0 aromatic heterocycles. The molecule has 0 radical (unpaired) electrons. The zero-order chi connectivity index (χ0) is 23.8. The van der Waals surface area contributed by atoms with Crippen LogP contribution in [0, 0.1) is 5.41 Å². The van der Waals surface area contributed by atoms with Crippen molar-refractivity contribution in [2.24, 2.45) is 5.41 Å². The number of unbranched alkanes of at least 4 members (excludes halogenated alkanes) is 5. The van der Waals surface area contributed by atoms with Gasteiger partial charge in [-0.1, -0.05) is 45.4 Å². The molecular formula is C24H35N5O4. The smallest absolute Gasteiger partial charge is 0.328 e. The van der Waals surface area contributed by atoms with E-state index in [4.69, 9.17) is 0 Å². The van der Waals surface area contributed by atoms with E-state index < -0.39 is 29.3 Å². The predicted molar refractivity (Wildman–Crippen MR) is 127 cm³/mol. The Morgan fingerprint density at radius 2 is 1.67 bits per heavy atom. The fourth-order valence-corrected chi connectivity index (χ4v) is 4.84. The molecule has 2 aliphatic rings. The Morgan fingerprint density at radius 1 is 1.03 bits per heavy atom. The van der Waals surface area contributed by atoms with Crippen molar-refractivity contribution in [3.63, 3.8) is 0 Å². The lowest BCUT2D eigenvalue weighted by molar-refractivity contribution is -0.147. The van der Waals surface area contributed by atoms with Gasteiger partial charge in [0.25, 0.3) is 0 Å². The highest BCUT2D eigenvalue weighted by Gasteiger charge is 2.57. The third kappa shape index (κ3) is 5.71. The topological polar surface area (TPSA) is 120 Å². The molecule has 5 amide bonds. The van der Waals surface area contributed by atoms with Crippen LogP contribution in [0.2, 0.25) is 0 Å². The molecule has 1 unspecified atom stereocenters. The monoisotopic (exact) mass is 457 g/mol. The number of barbiturate groups is 1. The van der Waals surface area contributed by atoms with Crippen LogP contribution in [0.4, 0.5) is 16.2 Å². The van der Waals surface area contributed by atoms with Crippen LogP contribution in [0.25, 0.3) is 0 Å². The van der Waals surface area contributed by atoms with E-state index in [9.17, 15) is 19.2 Å². The van der Waals surface area contributed by atoms with Crippen LogP contribution in [0.5, 0.6) is 0 Å². The van der Waals surface area contributed by atoms with Crippen LogP contribution >= 0.6 is 0 Å². The number of hydrogen-bond acceptors (Lipinski definition) is 6. The number of amides is 5. The molecule has 0 saturated carbocycles. The average Bonchev–Trinajstić information content (AvgIpc) is 2.78. The molecule has 2 fully saturated rings. The maximum absolute atomic E-state index is 13.3. The summed E-state index contributed by atoms with van der Waals surface area (Å²) in [7, 11) is 0. The van der Waals surface area contributed by atoms with Crippen molar-refractivity contribution in [3.8, 4) is 0 Å². The van der Waals surface area contributed by atoms with Crippen molar-refractivity contribution in [2.75, 3.05) is 29.9 Å². The molecule has 2 heterocycles. The first kappa shape index (κ1) is 24.7. The second-order valence-corrected chi connectivity index (χ2v) is 8.87. The number of carbonyl (C=O) groups excluding carboxylic acids is 4. The number of piperazine rings is 1. The van der Waals surface area contributed by atoms with Crippen molar-refractivity contribution in [1.29, 1.82) is 0 Å². The van der Waals surface area contributed by atoms with E-state index >= 15 is 0 Å². The molecule has 1 aromatic carbocycles. The minimum absolute atomic E-state index is 0.152. The van der Waals surface area contributed by atoms with Gasteiger partial charge in [0.2, 0.25) is 17.7 Å². The lowest BCUT2D eigenvalue weighted by Gasteiger charge is -2.48. The fraction of sp³-hybridized carbons (Fsp3) is 0.583. The fourth-order valence-electron chi connectivity index (χ4n) is 4.84. The van der Waals surface area contributed by atoms with Gasteiger partial charge >= 0.3 is 6.03 Å². The Bertz CT molecular complexity index is 850. The molecule has 4 N–H and O–H groups in total. The summed E-state index contributed by atoms with van der Waals surface area (Å²) in [4.78, 5) is 51.8. The number of rotatable bonds is 10. The molecule has 9 nitrogen and oxygen atoms in total. The summed E-state index contributed by atoms with van der Waals surface area (Å²) in [6.07, 6.45) is 6.56. The highest BCUT2D eigenvalue weighted by atomic mass is 16.2. The van der Waals surface area contributed by atoms with E-state index in [0.29, 0.717) is 31.7 Å². The molecule has 0 aliphatic carbocycles. The standard InChI is InChI=1S/C24H35N5O4/c1-3-4-5-6-7-8-13-24(21(31)27-23(33)28-22(24)32)20-16-25-14-15-29(20)19-11-9-18(10-12-19)26-17(2)30/h9-12,20,25H,3-8,13-16H2,1-2H3,(H,26,30)(H2,27,28,31,32,33). The molecule has 3 rings (SSSR count). The third-order valence-corrected chi connectivity index (χ3v) is 6.52. The number of anilines is 2. The number of hydrogen-bond donors (Lipinski definition) is 4. The summed E-state index contributed by atoms with van der Waals surface area (Å²) in [6, 6.07) is 6.15. The van der Waals surface area contributed by atoms with E-state index in [-0.39, 0.29) is 5.91 Å². The predicted octanol–water partition coefficient (Wildman–Crippen LogP) is 2.53. The summed E-state index contributed by atoms with van der Waals surface area (Å²) in [5, 5.41) is 10.8. The van der Waals surface area contributed by atoms with Gasteiger partial charge in [0.15, 0.2) is 0 Å². The summed E-state index contributed by atoms with van der Waals surface area (Å²) < 4.78 is 0. The van der Waals surface area contributed by atoms with E-state index in [0.717, 1.165) is 37.8 Å². The molecule has 2 saturated heterocycles. The van der Waals surface area contributed by atoms with Crippen molar-refractivity contribution in [1.82, 2.24) is 16.0 Å². The maximum atomic E-state index is 13.3. The third-order valence-electron chi connectivity index (χ3n) is 6.52. The first-order valence-corrected chi connectivity index (χ1v) is 11.9. The zero-order valence-electron chi connectivity index (χ0n) is 19.5. The van der Waals surface area contributed by atoms with Crippen LogP contribution in [-0.4, -0.2) is 49.4 Å². The molecule has 9 heteroatoms. The Balaban J connectivity index is 1.86. The van der Waals surface area contributed by atoms with Crippen LogP contribution in [-0.2, 0) is 14.4 Å². The summed E-state index contributed by atoms with van der Waals surface area (Å²) in [5.41, 5.74) is 0.163. The highest BCUT2D eigenvalue weighted by Crippen LogP contribution is 2.38. The van der Waals surface area contributed by atoms with Gasteiger partial charge < -0.3 is 15.5 Å². The van der Waals surface area contributed by atoms with Gasteiger partial charge in [-0.05, 0) is 30.7 Å². The minimum atomic E-state index is -1.37. The van der Waals surface area contributed by atoms with E-state index in [1.165, 1.54) is 13.3 Å². The van der Waals surface area contributed by atoms with Gasteiger partial charge in [0.05, 0.1) is 6.04 Å². The lowest BCUT2D eigenvalue weighted by Crippen LogP contribution is -2.72. The molecule has 1 aromatic rings. The number of nitrogens with one attached hydrogen (secondary N) is 4. The average molecular weight is 458 g/mol. The number of benzene rings is 1. The van der Waals surface area contributed by atoms with Gasteiger partial charge in [-0.3, -0.25) is 25.0 Å². The largest absolute Gasteiger partial charge is 0.364 e. The van der Waals surface area contributed by atoms with Crippen molar-refractivity contribution >= 4 is 35.1 Å². The second kappa shape index (κ2) is 11.3. The van der Waals surface area contributed by atoms with Crippen LogP contribution in [0.1, 0.15) is 58.8 Å². The summed E-state index contributed by atoms with van der Waals surface area (Å²) in [6.45, 7) is 5.37. The van der Waals surface area contributed by atoms with E-state index in [1.54, 1.807) is 12.1 Å². The van der Waals surface area contributed by atoms with Crippen LogP contribution < -0.4 is 26.2 Å². The first-order chi connectivity index (χ1) is 15.9. The summed E-state index contributed by atoms with van der Waals surface area (Å²) >= 11 is 0. The SMILES string of the molecule is CCCCCCCCC1(C2CNCCN2c2ccc(NC(C)=O)cc2)C(=O)NC(=O)NC1=O. The van der Waals surface area contributed by atoms with Crippen molar-refractivity contribution in [2.45, 2.75) is 64.8 Å². The Labute approximate surface area is 195 Å². The Hall–Kier alpha value is -2.94. The molecule has 1 atom stereocenters. The highest BCUT2D eigenvalue weighted by molar-refractivity contribution is 6.20. The molecule has 180 valence electrons. The van der Waals surface area contributed by atoms with Gasteiger partial charge in [-0.25, -0.2) is 4.79 Å². The van der Waals surface area contributed by atoms with Gasteiger partial charge in [-0.2, -0.15) is 0 Å². The van der Waals surface area contributed by atoms with E-state index in [1.807, 2.05) is 12.1 Å². The molecule has 0 spiro atoms. The van der Waals surface area contributed by atoms with Crippen molar-refractivity contribution in [3.05, 3.63) is 24.3 Å². The van der Waals surface area contributed by atoms with Gasteiger partial charge in [0, 0.05) is 37.9 Å². The number of urea groups is 1. The number of carbonyl (C=O) groups is 4. The van der Waals surface area contributed by atoms with Crippen molar-refractivity contribution < 1.29 is 19.2 Å².